The Hall–Kier alpha value is -2.06. The van der Waals surface area contributed by atoms with Crippen LogP contribution in [0.2, 0.25) is 0 Å². The quantitative estimate of drug-likeness (QED) is 0.652. The highest BCUT2D eigenvalue weighted by atomic mass is 32.2. The van der Waals surface area contributed by atoms with Crippen LogP contribution >= 0.6 is 11.8 Å². The Balaban J connectivity index is 1.85. The Labute approximate surface area is 147 Å². The first-order valence-electron chi connectivity index (χ1n) is 8.44. The topological polar surface area (TPSA) is 75.6 Å². The van der Waals surface area contributed by atoms with E-state index < -0.39 is 0 Å². The first-order valence-corrected chi connectivity index (χ1v) is 9.42. The SMILES string of the molecule is Cc1ccccc1CSc1nc(N)c(C#N)c(C2CCCCC2)n1. The van der Waals surface area contributed by atoms with Gasteiger partial charge >= 0.3 is 0 Å². The van der Waals surface area contributed by atoms with Gasteiger partial charge in [0.1, 0.15) is 17.5 Å². The molecule has 2 aromatic rings. The second kappa shape index (κ2) is 7.67. The second-order valence-corrected chi connectivity index (χ2v) is 7.26. The first-order chi connectivity index (χ1) is 11.7. The molecule has 24 heavy (non-hydrogen) atoms. The summed E-state index contributed by atoms with van der Waals surface area (Å²) in [5, 5.41) is 10.1. The van der Waals surface area contributed by atoms with Crippen molar-refractivity contribution in [1.29, 1.82) is 5.26 Å². The van der Waals surface area contributed by atoms with Gasteiger partial charge in [0.05, 0.1) is 5.69 Å². The molecule has 0 saturated heterocycles. The van der Waals surface area contributed by atoms with E-state index in [1.165, 1.54) is 30.4 Å². The zero-order valence-corrected chi connectivity index (χ0v) is 14.8. The van der Waals surface area contributed by atoms with E-state index in [9.17, 15) is 5.26 Å². The van der Waals surface area contributed by atoms with Crippen molar-refractivity contribution in [3.05, 3.63) is 46.6 Å². The number of benzene rings is 1. The van der Waals surface area contributed by atoms with Crippen molar-refractivity contribution >= 4 is 17.6 Å². The molecule has 1 aliphatic carbocycles. The summed E-state index contributed by atoms with van der Waals surface area (Å²) in [7, 11) is 0. The van der Waals surface area contributed by atoms with E-state index in [4.69, 9.17) is 10.7 Å². The van der Waals surface area contributed by atoms with Gasteiger partial charge in [-0.3, -0.25) is 0 Å². The molecule has 0 aliphatic heterocycles. The molecule has 124 valence electrons. The smallest absolute Gasteiger partial charge is 0.190 e. The summed E-state index contributed by atoms with van der Waals surface area (Å²) in [5.74, 6) is 1.47. The summed E-state index contributed by atoms with van der Waals surface area (Å²) >= 11 is 1.59. The van der Waals surface area contributed by atoms with Gasteiger partial charge in [-0.05, 0) is 30.9 Å². The predicted molar refractivity (Wildman–Crippen MR) is 97.7 cm³/mol. The maximum Gasteiger partial charge on any atom is 0.190 e. The molecular formula is C19H22N4S. The summed E-state index contributed by atoms with van der Waals surface area (Å²) in [4.78, 5) is 9.07. The van der Waals surface area contributed by atoms with Gasteiger partial charge in [0.15, 0.2) is 5.16 Å². The molecule has 1 saturated carbocycles. The third kappa shape index (κ3) is 3.70. The fourth-order valence-electron chi connectivity index (χ4n) is 3.24. The number of nitrogens with zero attached hydrogens (tertiary/aromatic N) is 3. The lowest BCUT2D eigenvalue weighted by molar-refractivity contribution is 0.433. The van der Waals surface area contributed by atoms with Crippen LogP contribution in [0.15, 0.2) is 29.4 Å². The molecule has 1 heterocycles. The molecule has 1 aliphatic rings. The Kier molecular flexibility index (Phi) is 5.37. The predicted octanol–water partition coefficient (Wildman–Crippen LogP) is 4.58. The highest BCUT2D eigenvalue weighted by Crippen LogP contribution is 2.35. The monoisotopic (exact) mass is 338 g/mol. The lowest BCUT2D eigenvalue weighted by Gasteiger charge is -2.22. The number of nitriles is 1. The summed E-state index contributed by atoms with van der Waals surface area (Å²) in [6, 6.07) is 10.5. The fourth-order valence-corrected chi connectivity index (χ4v) is 4.17. The highest BCUT2D eigenvalue weighted by molar-refractivity contribution is 7.98. The number of hydrogen-bond acceptors (Lipinski definition) is 5. The normalized spacial score (nSPS) is 15.2. The molecule has 0 spiro atoms. The standard InChI is InChI=1S/C19H22N4S/c1-13-7-5-6-10-15(13)12-24-19-22-17(14-8-3-2-4-9-14)16(11-20)18(21)23-19/h5-7,10,14H,2-4,8-9,12H2,1H3,(H2,21,22,23). The fraction of sp³-hybridized carbons (Fsp3) is 0.421. The van der Waals surface area contributed by atoms with Crippen molar-refractivity contribution in [3.8, 4) is 6.07 Å². The maximum absolute atomic E-state index is 9.45. The average Bonchev–Trinajstić information content (AvgIpc) is 2.61. The minimum Gasteiger partial charge on any atom is -0.382 e. The van der Waals surface area contributed by atoms with Crippen LogP contribution in [0.25, 0.3) is 0 Å². The number of aryl methyl sites for hydroxylation is 1. The van der Waals surface area contributed by atoms with Crippen molar-refractivity contribution in [2.45, 2.75) is 55.9 Å². The van der Waals surface area contributed by atoms with Crippen LogP contribution < -0.4 is 5.73 Å². The number of hydrogen-bond donors (Lipinski definition) is 1. The van der Waals surface area contributed by atoms with E-state index in [2.05, 4.69) is 30.1 Å². The summed E-state index contributed by atoms with van der Waals surface area (Å²) in [5.41, 5.74) is 9.92. The van der Waals surface area contributed by atoms with Crippen molar-refractivity contribution in [2.75, 3.05) is 5.73 Å². The maximum atomic E-state index is 9.45. The van der Waals surface area contributed by atoms with E-state index >= 15 is 0 Å². The average molecular weight is 338 g/mol. The van der Waals surface area contributed by atoms with Crippen LogP contribution in [0.3, 0.4) is 0 Å². The van der Waals surface area contributed by atoms with Crippen molar-refractivity contribution in [1.82, 2.24) is 9.97 Å². The number of thioether (sulfide) groups is 1. The van der Waals surface area contributed by atoms with E-state index in [1.807, 2.05) is 12.1 Å². The van der Waals surface area contributed by atoms with Gasteiger partial charge in [-0.25, -0.2) is 9.97 Å². The number of nitrogen functional groups attached to an aromatic ring is 1. The van der Waals surface area contributed by atoms with Gasteiger partial charge in [0.25, 0.3) is 0 Å². The largest absolute Gasteiger partial charge is 0.382 e. The number of nitrogens with two attached hydrogens (primary N) is 1. The third-order valence-electron chi connectivity index (χ3n) is 4.67. The van der Waals surface area contributed by atoms with E-state index in [0.717, 1.165) is 24.3 Å². The van der Waals surface area contributed by atoms with E-state index in [1.54, 1.807) is 11.8 Å². The van der Waals surface area contributed by atoms with Gasteiger partial charge in [-0.2, -0.15) is 5.26 Å². The van der Waals surface area contributed by atoms with Crippen molar-refractivity contribution in [2.24, 2.45) is 0 Å². The van der Waals surface area contributed by atoms with Crippen molar-refractivity contribution < 1.29 is 0 Å². The Morgan fingerprint density at radius 2 is 1.96 bits per heavy atom. The zero-order valence-electron chi connectivity index (χ0n) is 14.0. The Morgan fingerprint density at radius 3 is 2.67 bits per heavy atom. The molecule has 1 fully saturated rings. The number of rotatable bonds is 4. The molecular weight excluding hydrogens is 316 g/mol. The molecule has 0 radical (unpaired) electrons. The third-order valence-corrected chi connectivity index (χ3v) is 5.56. The first kappa shape index (κ1) is 16.8. The van der Waals surface area contributed by atoms with Gasteiger partial charge in [-0.15, -0.1) is 0 Å². The van der Waals surface area contributed by atoms with Crippen LogP contribution in [-0.2, 0) is 5.75 Å². The van der Waals surface area contributed by atoms with Crippen LogP contribution in [0.4, 0.5) is 5.82 Å². The summed E-state index contributed by atoms with van der Waals surface area (Å²) < 4.78 is 0. The van der Waals surface area contributed by atoms with E-state index in [0.29, 0.717) is 22.5 Å². The zero-order chi connectivity index (χ0) is 16.9. The van der Waals surface area contributed by atoms with Crippen LogP contribution in [0.1, 0.15) is 60.4 Å². The van der Waals surface area contributed by atoms with Crippen LogP contribution in [-0.4, -0.2) is 9.97 Å². The number of anilines is 1. The molecule has 0 amide bonds. The lowest BCUT2D eigenvalue weighted by atomic mass is 9.85. The lowest BCUT2D eigenvalue weighted by Crippen LogP contribution is -2.12. The van der Waals surface area contributed by atoms with Crippen molar-refractivity contribution in [3.63, 3.8) is 0 Å². The molecule has 0 unspecified atom stereocenters. The molecule has 1 aromatic carbocycles. The molecule has 4 nitrogen and oxygen atoms in total. The van der Waals surface area contributed by atoms with Gasteiger partial charge in [0, 0.05) is 11.7 Å². The van der Waals surface area contributed by atoms with Gasteiger partial charge < -0.3 is 5.73 Å². The van der Waals surface area contributed by atoms with Crippen LogP contribution in [0, 0.1) is 18.3 Å². The summed E-state index contributed by atoms with van der Waals surface area (Å²) in [6.45, 7) is 2.11. The Bertz CT molecular complexity index is 760. The molecule has 2 N–H and O–H groups in total. The van der Waals surface area contributed by atoms with Gasteiger partial charge in [0.2, 0.25) is 0 Å². The summed E-state index contributed by atoms with van der Waals surface area (Å²) in [6.07, 6.45) is 5.85. The molecule has 0 atom stereocenters. The second-order valence-electron chi connectivity index (χ2n) is 6.31. The van der Waals surface area contributed by atoms with Gasteiger partial charge in [-0.1, -0.05) is 55.3 Å². The minimum atomic E-state index is 0.320. The van der Waals surface area contributed by atoms with Crippen LogP contribution in [0.5, 0.6) is 0 Å². The minimum absolute atomic E-state index is 0.320. The molecule has 5 heteroatoms. The molecule has 3 rings (SSSR count). The number of aromatic nitrogens is 2. The molecule has 1 aromatic heterocycles. The highest BCUT2D eigenvalue weighted by Gasteiger charge is 2.23. The Morgan fingerprint density at radius 1 is 1.21 bits per heavy atom. The molecule has 0 bridgehead atoms. The van der Waals surface area contributed by atoms with E-state index in [-0.39, 0.29) is 0 Å².